The highest BCUT2D eigenvalue weighted by Crippen LogP contribution is 2.33. The van der Waals surface area contributed by atoms with Crippen LogP contribution in [0.4, 0.5) is 0 Å². The van der Waals surface area contributed by atoms with Crippen LogP contribution in [0.25, 0.3) is 0 Å². The lowest BCUT2D eigenvalue weighted by Crippen LogP contribution is -2.39. The van der Waals surface area contributed by atoms with Gasteiger partial charge >= 0.3 is 0 Å². The lowest BCUT2D eigenvalue weighted by molar-refractivity contribution is 0.250. The van der Waals surface area contributed by atoms with Crippen LogP contribution >= 0.6 is 0 Å². The van der Waals surface area contributed by atoms with Crippen LogP contribution in [0.1, 0.15) is 36.0 Å². The monoisotopic (exact) mass is 258 g/mol. The minimum absolute atomic E-state index is 0.743. The highest BCUT2D eigenvalue weighted by molar-refractivity contribution is 5.30. The maximum Gasteiger partial charge on any atom is 0.0237 e. The van der Waals surface area contributed by atoms with Gasteiger partial charge in [-0.1, -0.05) is 23.8 Å². The summed E-state index contributed by atoms with van der Waals surface area (Å²) >= 11 is 0. The molecule has 1 atom stereocenters. The van der Waals surface area contributed by atoms with E-state index in [-0.39, 0.29) is 0 Å². The quantitative estimate of drug-likeness (QED) is 0.897. The fourth-order valence-electron chi connectivity index (χ4n) is 3.19. The third-order valence-electron chi connectivity index (χ3n) is 4.60. The standard InChI is InChI=1S/C17H26N2/c1-13-4-5-14(2)16(10-13)11-19-9-3-8-18-17(12-19)15-6-7-15/h4-5,10,15,17-18H,3,6-9,11-12H2,1-2H3. The Kier molecular flexibility index (Phi) is 3.90. The summed E-state index contributed by atoms with van der Waals surface area (Å²) in [5.74, 6) is 0.958. The molecule has 2 aliphatic rings. The van der Waals surface area contributed by atoms with Crippen LogP contribution < -0.4 is 5.32 Å². The van der Waals surface area contributed by atoms with E-state index in [1.165, 1.54) is 55.6 Å². The zero-order valence-electron chi connectivity index (χ0n) is 12.3. The van der Waals surface area contributed by atoms with Crippen molar-refractivity contribution in [2.24, 2.45) is 5.92 Å². The van der Waals surface area contributed by atoms with Crippen LogP contribution in [0.15, 0.2) is 18.2 Å². The normalized spacial score (nSPS) is 25.3. The number of nitrogens with one attached hydrogen (secondary N) is 1. The van der Waals surface area contributed by atoms with E-state index in [1.807, 2.05) is 0 Å². The van der Waals surface area contributed by atoms with E-state index < -0.39 is 0 Å². The molecule has 3 rings (SSSR count). The third-order valence-corrected chi connectivity index (χ3v) is 4.60. The van der Waals surface area contributed by atoms with Crippen LogP contribution in [0.5, 0.6) is 0 Å². The fourth-order valence-corrected chi connectivity index (χ4v) is 3.19. The van der Waals surface area contributed by atoms with Crippen molar-refractivity contribution in [2.75, 3.05) is 19.6 Å². The molecule has 1 unspecified atom stereocenters. The van der Waals surface area contributed by atoms with Gasteiger partial charge in [0.25, 0.3) is 0 Å². The molecule has 104 valence electrons. The van der Waals surface area contributed by atoms with Gasteiger partial charge in [-0.2, -0.15) is 0 Å². The highest BCUT2D eigenvalue weighted by atomic mass is 15.2. The van der Waals surface area contributed by atoms with Gasteiger partial charge in [0.05, 0.1) is 0 Å². The van der Waals surface area contributed by atoms with Gasteiger partial charge in [0.1, 0.15) is 0 Å². The molecule has 2 nitrogen and oxygen atoms in total. The van der Waals surface area contributed by atoms with Crippen molar-refractivity contribution in [3.63, 3.8) is 0 Å². The van der Waals surface area contributed by atoms with Crippen molar-refractivity contribution in [1.82, 2.24) is 10.2 Å². The topological polar surface area (TPSA) is 15.3 Å². The number of nitrogens with zero attached hydrogens (tertiary/aromatic N) is 1. The van der Waals surface area contributed by atoms with Gasteiger partial charge in [0, 0.05) is 19.1 Å². The predicted octanol–water partition coefficient (Wildman–Crippen LogP) is 2.88. The van der Waals surface area contributed by atoms with Crippen LogP contribution in [0.3, 0.4) is 0 Å². The Morgan fingerprint density at radius 2 is 2.11 bits per heavy atom. The molecule has 1 saturated heterocycles. The van der Waals surface area contributed by atoms with E-state index in [2.05, 4.69) is 42.3 Å². The second-order valence-corrected chi connectivity index (χ2v) is 6.42. The molecule has 0 aromatic heterocycles. The molecule has 1 aromatic rings. The SMILES string of the molecule is Cc1ccc(C)c(CN2CCCNC(C3CC3)C2)c1. The van der Waals surface area contributed by atoms with Crippen molar-refractivity contribution >= 4 is 0 Å². The van der Waals surface area contributed by atoms with Gasteiger partial charge in [0.15, 0.2) is 0 Å². The van der Waals surface area contributed by atoms with Gasteiger partial charge in [0.2, 0.25) is 0 Å². The molecule has 0 radical (unpaired) electrons. The summed E-state index contributed by atoms with van der Waals surface area (Å²) < 4.78 is 0. The van der Waals surface area contributed by atoms with Crippen molar-refractivity contribution in [1.29, 1.82) is 0 Å². The van der Waals surface area contributed by atoms with Crippen LogP contribution in [-0.4, -0.2) is 30.6 Å². The molecule has 19 heavy (non-hydrogen) atoms. The van der Waals surface area contributed by atoms with E-state index in [0.29, 0.717) is 0 Å². The van der Waals surface area contributed by atoms with Crippen LogP contribution in [-0.2, 0) is 6.54 Å². The van der Waals surface area contributed by atoms with Crippen molar-refractivity contribution in [2.45, 2.75) is 45.7 Å². The lowest BCUT2D eigenvalue weighted by Gasteiger charge is -2.25. The number of hydrogen-bond acceptors (Lipinski definition) is 2. The zero-order chi connectivity index (χ0) is 13.2. The Bertz CT molecular complexity index is 437. The first-order valence-corrected chi connectivity index (χ1v) is 7.74. The summed E-state index contributed by atoms with van der Waals surface area (Å²) in [5, 5.41) is 3.74. The van der Waals surface area contributed by atoms with E-state index >= 15 is 0 Å². The maximum atomic E-state index is 3.74. The number of rotatable bonds is 3. The van der Waals surface area contributed by atoms with Crippen molar-refractivity contribution in [3.05, 3.63) is 34.9 Å². The number of benzene rings is 1. The molecular formula is C17H26N2. The molecule has 2 heteroatoms. The first kappa shape index (κ1) is 13.1. The van der Waals surface area contributed by atoms with Gasteiger partial charge in [-0.05, 0) is 63.2 Å². The van der Waals surface area contributed by atoms with Gasteiger partial charge in [-0.3, -0.25) is 4.90 Å². The zero-order valence-corrected chi connectivity index (χ0v) is 12.3. The van der Waals surface area contributed by atoms with E-state index in [4.69, 9.17) is 0 Å². The summed E-state index contributed by atoms with van der Waals surface area (Å²) in [7, 11) is 0. The average molecular weight is 258 g/mol. The fraction of sp³-hybridized carbons (Fsp3) is 0.647. The van der Waals surface area contributed by atoms with Crippen molar-refractivity contribution < 1.29 is 0 Å². The second-order valence-electron chi connectivity index (χ2n) is 6.42. The smallest absolute Gasteiger partial charge is 0.0237 e. The molecular weight excluding hydrogens is 232 g/mol. The maximum absolute atomic E-state index is 3.74. The summed E-state index contributed by atoms with van der Waals surface area (Å²) in [4.78, 5) is 2.66. The molecule has 0 bridgehead atoms. The molecule has 1 saturated carbocycles. The molecule has 0 spiro atoms. The minimum Gasteiger partial charge on any atom is -0.312 e. The molecule has 1 heterocycles. The average Bonchev–Trinajstić information content (AvgIpc) is 3.20. The van der Waals surface area contributed by atoms with E-state index in [1.54, 1.807) is 0 Å². The molecule has 1 aromatic carbocycles. The van der Waals surface area contributed by atoms with Crippen LogP contribution in [0, 0.1) is 19.8 Å². The third kappa shape index (κ3) is 3.37. The van der Waals surface area contributed by atoms with E-state index in [9.17, 15) is 0 Å². The van der Waals surface area contributed by atoms with Crippen molar-refractivity contribution in [3.8, 4) is 0 Å². The first-order valence-electron chi connectivity index (χ1n) is 7.74. The summed E-state index contributed by atoms with van der Waals surface area (Å²) in [6, 6.07) is 7.59. The lowest BCUT2D eigenvalue weighted by atomic mass is 10.0. The van der Waals surface area contributed by atoms with Gasteiger partial charge in [-0.15, -0.1) is 0 Å². The summed E-state index contributed by atoms with van der Waals surface area (Å²) in [6.45, 7) is 9.23. The molecule has 1 aliphatic heterocycles. The largest absolute Gasteiger partial charge is 0.312 e. The molecule has 1 N–H and O–H groups in total. The highest BCUT2D eigenvalue weighted by Gasteiger charge is 2.33. The van der Waals surface area contributed by atoms with Gasteiger partial charge in [-0.25, -0.2) is 0 Å². The second kappa shape index (κ2) is 5.64. The summed E-state index contributed by atoms with van der Waals surface area (Å²) in [5.41, 5.74) is 4.33. The Hall–Kier alpha value is -0.860. The number of hydrogen-bond donors (Lipinski definition) is 1. The Morgan fingerprint density at radius 1 is 1.26 bits per heavy atom. The predicted molar refractivity (Wildman–Crippen MR) is 80.3 cm³/mol. The van der Waals surface area contributed by atoms with Gasteiger partial charge < -0.3 is 5.32 Å². The minimum atomic E-state index is 0.743. The Morgan fingerprint density at radius 3 is 2.89 bits per heavy atom. The first-order chi connectivity index (χ1) is 9.22. The van der Waals surface area contributed by atoms with Crippen LogP contribution in [0.2, 0.25) is 0 Å². The summed E-state index contributed by atoms with van der Waals surface area (Å²) in [6.07, 6.45) is 4.16. The molecule has 2 fully saturated rings. The molecule has 1 aliphatic carbocycles. The number of aryl methyl sites for hydroxylation is 2. The Balaban J connectivity index is 1.68. The van der Waals surface area contributed by atoms with E-state index in [0.717, 1.165) is 18.5 Å². The Labute approximate surface area is 117 Å². The molecule has 0 amide bonds.